The molecule has 0 atom stereocenters. The van der Waals surface area contributed by atoms with Crippen LogP contribution in [0.5, 0.6) is 0 Å². The largest absolute Gasteiger partial charge is 0.325 e. The van der Waals surface area contributed by atoms with Gasteiger partial charge in [0.05, 0.1) is 27.9 Å². The predicted molar refractivity (Wildman–Crippen MR) is 133 cm³/mol. The normalized spacial score (nSPS) is 13.0. The van der Waals surface area contributed by atoms with E-state index < -0.39 is 0 Å². The fourth-order valence-electron chi connectivity index (χ4n) is 3.27. The molecule has 0 aliphatic carbocycles. The van der Waals surface area contributed by atoms with Crippen LogP contribution in [0, 0.1) is 19.7 Å². The third-order valence-electron chi connectivity index (χ3n) is 5.07. The average molecular weight is 466 g/mol. The molecule has 1 aliphatic rings. The highest BCUT2D eigenvalue weighted by Crippen LogP contribution is 2.36. The number of halogens is 2. The van der Waals surface area contributed by atoms with Crippen LogP contribution in [0.15, 0.2) is 70.6 Å². The van der Waals surface area contributed by atoms with Crippen LogP contribution in [-0.2, 0) is 4.79 Å². The lowest BCUT2D eigenvalue weighted by Crippen LogP contribution is -2.16. The molecule has 1 amide bonds. The van der Waals surface area contributed by atoms with Crippen molar-refractivity contribution in [3.05, 3.63) is 88.2 Å². The molecule has 32 heavy (non-hydrogen) atoms. The van der Waals surface area contributed by atoms with Crippen molar-refractivity contribution in [2.75, 3.05) is 11.1 Å². The molecule has 7 heteroatoms. The molecule has 0 aromatic heterocycles. The fourth-order valence-corrected chi connectivity index (χ4v) is 4.23. The van der Waals surface area contributed by atoms with Crippen LogP contribution in [0.2, 0.25) is 5.02 Å². The number of amides is 1. The number of thioether (sulfide) groups is 1. The summed E-state index contributed by atoms with van der Waals surface area (Å²) in [6.07, 6.45) is 0.452. The molecular formula is C25H21ClFN3OS. The van der Waals surface area contributed by atoms with Crippen LogP contribution in [-0.4, -0.2) is 22.4 Å². The molecule has 1 aliphatic heterocycles. The van der Waals surface area contributed by atoms with E-state index >= 15 is 0 Å². The highest BCUT2D eigenvalue weighted by Gasteiger charge is 2.18. The molecule has 4 nitrogen and oxygen atoms in total. The van der Waals surface area contributed by atoms with Crippen molar-refractivity contribution in [2.45, 2.75) is 20.3 Å². The van der Waals surface area contributed by atoms with Gasteiger partial charge in [0.15, 0.2) is 0 Å². The Morgan fingerprint density at radius 2 is 1.72 bits per heavy atom. The molecule has 0 fully saturated rings. The van der Waals surface area contributed by atoms with E-state index in [1.54, 1.807) is 36.4 Å². The number of aryl methyl sites for hydroxylation is 2. The van der Waals surface area contributed by atoms with Gasteiger partial charge in [-0.25, -0.2) is 9.38 Å². The second kappa shape index (κ2) is 9.67. The highest BCUT2D eigenvalue weighted by molar-refractivity contribution is 8.14. The van der Waals surface area contributed by atoms with Gasteiger partial charge in [-0.2, -0.15) is 0 Å². The summed E-state index contributed by atoms with van der Waals surface area (Å²) < 4.78 is 13.4. The van der Waals surface area contributed by atoms with Gasteiger partial charge in [-0.3, -0.25) is 9.79 Å². The number of hydrogen-bond donors (Lipinski definition) is 1. The van der Waals surface area contributed by atoms with Crippen molar-refractivity contribution >= 4 is 57.1 Å². The van der Waals surface area contributed by atoms with Crippen LogP contribution in [0.4, 0.5) is 21.5 Å². The zero-order valence-electron chi connectivity index (χ0n) is 17.7. The van der Waals surface area contributed by atoms with E-state index in [1.165, 1.54) is 23.9 Å². The number of carbonyl (C=O) groups is 1. The van der Waals surface area contributed by atoms with Crippen LogP contribution >= 0.6 is 23.4 Å². The third kappa shape index (κ3) is 5.44. The van der Waals surface area contributed by atoms with Gasteiger partial charge >= 0.3 is 0 Å². The minimum atomic E-state index is -0.296. The van der Waals surface area contributed by atoms with Gasteiger partial charge in [-0.15, -0.1) is 11.8 Å². The second-order valence-corrected chi connectivity index (χ2v) is 9.01. The summed E-state index contributed by atoms with van der Waals surface area (Å²) in [5.41, 5.74) is 6.04. The number of nitrogens with zero attached hydrogens (tertiary/aromatic N) is 2. The zero-order valence-corrected chi connectivity index (χ0v) is 19.2. The molecule has 0 saturated heterocycles. The maximum absolute atomic E-state index is 13.4. The number of nitrogens with one attached hydrogen (secondary N) is 1. The molecule has 0 spiro atoms. The van der Waals surface area contributed by atoms with Crippen molar-refractivity contribution in [2.24, 2.45) is 9.98 Å². The van der Waals surface area contributed by atoms with Gasteiger partial charge in [0.1, 0.15) is 5.82 Å². The average Bonchev–Trinajstić information content (AvgIpc) is 2.92. The smallest absolute Gasteiger partial charge is 0.234 e. The van der Waals surface area contributed by atoms with Crippen LogP contribution in [0.1, 0.15) is 23.1 Å². The van der Waals surface area contributed by atoms with Crippen molar-refractivity contribution in [3.63, 3.8) is 0 Å². The maximum atomic E-state index is 13.4. The second-order valence-electron chi connectivity index (χ2n) is 7.52. The standard InChI is InChI=1S/C25H21ClFN3OS/c1-15-10-22-23(11-16(15)2)30-25(13-21(29-22)17-6-8-19(27)9-7-17)32-14-24(31)28-20-5-3-4-18(26)12-20/h3-12H,13-14H2,1-2H3,(H,28,31). The fraction of sp³-hybridized carbons (Fsp3) is 0.160. The molecule has 0 unspecified atom stereocenters. The van der Waals surface area contributed by atoms with Gasteiger partial charge in [0.25, 0.3) is 0 Å². The van der Waals surface area contributed by atoms with E-state index in [2.05, 4.69) is 5.32 Å². The summed E-state index contributed by atoms with van der Waals surface area (Å²) in [7, 11) is 0. The number of rotatable bonds is 4. The number of benzene rings is 3. The first-order valence-corrected chi connectivity index (χ1v) is 11.4. The monoisotopic (exact) mass is 465 g/mol. The Bertz CT molecular complexity index is 1240. The van der Waals surface area contributed by atoms with E-state index in [0.717, 1.165) is 38.8 Å². The first-order valence-electron chi connectivity index (χ1n) is 10.1. The van der Waals surface area contributed by atoms with Crippen molar-refractivity contribution in [1.82, 2.24) is 0 Å². The predicted octanol–water partition coefficient (Wildman–Crippen LogP) is 7.02. The lowest BCUT2D eigenvalue weighted by molar-refractivity contribution is -0.113. The molecule has 0 saturated carbocycles. The Hall–Kier alpha value is -2.96. The van der Waals surface area contributed by atoms with Gasteiger partial charge in [0, 0.05) is 17.1 Å². The van der Waals surface area contributed by atoms with Crippen molar-refractivity contribution < 1.29 is 9.18 Å². The Balaban J connectivity index is 1.58. The lowest BCUT2D eigenvalue weighted by Gasteiger charge is -2.08. The van der Waals surface area contributed by atoms with Gasteiger partial charge in [0.2, 0.25) is 5.91 Å². The maximum Gasteiger partial charge on any atom is 0.234 e. The summed E-state index contributed by atoms with van der Waals surface area (Å²) in [6.45, 7) is 4.07. The summed E-state index contributed by atoms with van der Waals surface area (Å²) >= 11 is 7.36. The highest BCUT2D eigenvalue weighted by atomic mass is 35.5. The minimum absolute atomic E-state index is 0.148. The molecule has 3 aromatic rings. The summed E-state index contributed by atoms with van der Waals surface area (Å²) in [6, 6.07) is 17.3. The Morgan fingerprint density at radius 3 is 2.41 bits per heavy atom. The Kier molecular flexibility index (Phi) is 6.72. The Morgan fingerprint density at radius 1 is 1.03 bits per heavy atom. The number of fused-ring (bicyclic) bond motifs is 1. The lowest BCUT2D eigenvalue weighted by atomic mass is 10.1. The topological polar surface area (TPSA) is 53.8 Å². The van der Waals surface area contributed by atoms with E-state index in [4.69, 9.17) is 21.6 Å². The van der Waals surface area contributed by atoms with E-state index in [-0.39, 0.29) is 17.5 Å². The molecule has 1 heterocycles. The van der Waals surface area contributed by atoms with Crippen LogP contribution in [0.3, 0.4) is 0 Å². The van der Waals surface area contributed by atoms with Crippen molar-refractivity contribution in [3.8, 4) is 0 Å². The molecule has 162 valence electrons. The number of hydrogen-bond acceptors (Lipinski definition) is 4. The molecule has 0 radical (unpaired) electrons. The van der Waals surface area contributed by atoms with Gasteiger partial charge < -0.3 is 5.32 Å². The number of anilines is 1. The first kappa shape index (κ1) is 22.2. The van der Waals surface area contributed by atoms with Gasteiger partial charge in [-0.1, -0.05) is 29.8 Å². The minimum Gasteiger partial charge on any atom is -0.325 e. The SMILES string of the molecule is Cc1cc2c(cc1C)N=C(c1ccc(F)cc1)CC(SCC(=O)Nc1cccc(Cl)c1)=N2. The van der Waals surface area contributed by atoms with Crippen LogP contribution < -0.4 is 5.32 Å². The van der Waals surface area contributed by atoms with Crippen LogP contribution in [0.25, 0.3) is 0 Å². The summed E-state index contributed by atoms with van der Waals surface area (Å²) in [5.74, 6) is -0.247. The first-order chi connectivity index (χ1) is 15.4. The molecule has 0 bridgehead atoms. The zero-order chi connectivity index (χ0) is 22.7. The third-order valence-corrected chi connectivity index (χ3v) is 6.28. The molecule has 4 rings (SSSR count). The molecule has 1 N–H and O–H groups in total. The Labute approximate surface area is 195 Å². The van der Waals surface area contributed by atoms with E-state index in [1.807, 2.05) is 26.0 Å². The van der Waals surface area contributed by atoms with E-state index in [9.17, 15) is 9.18 Å². The molecular weight excluding hydrogens is 445 g/mol. The quantitative estimate of drug-likeness (QED) is 0.450. The summed E-state index contributed by atoms with van der Waals surface area (Å²) in [4.78, 5) is 22.1. The summed E-state index contributed by atoms with van der Waals surface area (Å²) in [5, 5.41) is 4.19. The van der Waals surface area contributed by atoms with Crippen molar-refractivity contribution in [1.29, 1.82) is 0 Å². The van der Waals surface area contributed by atoms with E-state index in [0.29, 0.717) is 17.1 Å². The number of aliphatic imine (C=N–C) groups is 2. The number of carbonyl (C=O) groups excluding carboxylic acids is 1. The molecule has 3 aromatic carbocycles. The van der Waals surface area contributed by atoms with Gasteiger partial charge in [-0.05, 0) is 73.0 Å².